The molecular weight excluding hydrogens is 332 g/mol. The number of aromatic nitrogens is 2. The Hall–Kier alpha value is -2.25. The molecule has 1 aliphatic rings. The molecule has 0 aliphatic carbocycles. The van der Waals surface area contributed by atoms with E-state index in [0.717, 1.165) is 37.8 Å². The summed E-state index contributed by atoms with van der Waals surface area (Å²) in [5.41, 5.74) is 0.931. The first-order chi connectivity index (χ1) is 12.8. The zero-order valence-corrected chi connectivity index (χ0v) is 15.2. The van der Waals surface area contributed by atoms with Crippen molar-refractivity contribution < 1.29 is 14.1 Å². The lowest BCUT2D eigenvalue weighted by molar-refractivity contribution is -0.123. The predicted molar refractivity (Wildman–Crippen MR) is 97.4 cm³/mol. The van der Waals surface area contributed by atoms with Gasteiger partial charge in [-0.1, -0.05) is 41.9 Å². The number of methoxy groups -OCH3 is 1. The van der Waals surface area contributed by atoms with E-state index in [-0.39, 0.29) is 11.9 Å². The van der Waals surface area contributed by atoms with Crippen molar-refractivity contribution in [2.75, 3.05) is 33.4 Å². The molecule has 1 unspecified atom stereocenters. The molecule has 1 amide bonds. The number of hydrogen-bond donors (Lipinski definition) is 1. The van der Waals surface area contributed by atoms with Crippen molar-refractivity contribution in [3.63, 3.8) is 0 Å². The summed E-state index contributed by atoms with van der Waals surface area (Å²) < 4.78 is 10.5. The van der Waals surface area contributed by atoms with Crippen molar-refractivity contribution in [2.45, 2.75) is 31.7 Å². The number of benzene rings is 1. The maximum absolute atomic E-state index is 12.2. The van der Waals surface area contributed by atoms with Crippen LogP contribution in [0.15, 0.2) is 34.9 Å². The van der Waals surface area contributed by atoms with E-state index in [0.29, 0.717) is 31.4 Å². The highest BCUT2D eigenvalue weighted by Gasteiger charge is 2.30. The third-order valence-corrected chi connectivity index (χ3v) is 4.57. The van der Waals surface area contributed by atoms with Crippen LogP contribution in [0.2, 0.25) is 0 Å². The maximum Gasteiger partial charge on any atom is 0.244 e. The van der Waals surface area contributed by atoms with Gasteiger partial charge in [0.15, 0.2) is 0 Å². The number of carbonyl (C=O) groups excluding carboxylic acids is 1. The molecule has 1 aliphatic heterocycles. The first-order valence-corrected chi connectivity index (χ1v) is 9.16. The fourth-order valence-electron chi connectivity index (χ4n) is 3.22. The molecule has 0 spiro atoms. The zero-order chi connectivity index (χ0) is 18.2. The van der Waals surface area contributed by atoms with Gasteiger partial charge < -0.3 is 14.6 Å². The second-order valence-corrected chi connectivity index (χ2v) is 6.50. The molecule has 7 heteroatoms. The number of hydrogen-bond acceptors (Lipinski definition) is 6. The van der Waals surface area contributed by atoms with E-state index in [2.05, 4.69) is 20.4 Å². The summed E-state index contributed by atoms with van der Waals surface area (Å²) >= 11 is 0. The number of amides is 1. The average molecular weight is 358 g/mol. The van der Waals surface area contributed by atoms with Crippen molar-refractivity contribution in [1.82, 2.24) is 20.4 Å². The molecule has 2 aromatic rings. The van der Waals surface area contributed by atoms with E-state index in [1.54, 1.807) is 7.11 Å². The van der Waals surface area contributed by atoms with E-state index in [1.165, 1.54) is 0 Å². The van der Waals surface area contributed by atoms with Crippen molar-refractivity contribution in [1.29, 1.82) is 0 Å². The van der Waals surface area contributed by atoms with E-state index >= 15 is 0 Å². The molecule has 7 nitrogen and oxygen atoms in total. The largest absolute Gasteiger partial charge is 0.385 e. The molecule has 1 saturated heterocycles. The highest BCUT2D eigenvalue weighted by Crippen LogP contribution is 2.30. The standard InChI is InChI=1S/C19H26N4O3/c1-25-13-7-11-20-17(24)14-23-12-6-5-10-16(23)19-21-18(22-26-19)15-8-3-2-4-9-15/h2-4,8-9,16H,5-7,10-14H2,1H3,(H,20,24). The highest BCUT2D eigenvalue weighted by molar-refractivity contribution is 5.78. The van der Waals surface area contributed by atoms with Crippen LogP contribution in [0.3, 0.4) is 0 Å². The molecule has 0 saturated carbocycles. The number of carbonyl (C=O) groups is 1. The summed E-state index contributed by atoms with van der Waals surface area (Å²) in [4.78, 5) is 18.9. The van der Waals surface area contributed by atoms with Crippen molar-refractivity contribution in [2.24, 2.45) is 0 Å². The van der Waals surface area contributed by atoms with Crippen LogP contribution in [0.4, 0.5) is 0 Å². The summed E-state index contributed by atoms with van der Waals surface area (Å²) in [5.74, 6) is 1.21. The number of piperidine rings is 1. The van der Waals surface area contributed by atoms with E-state index in [9.17, 15) is 4.79 Å². The number of nitrogens with zero attached hydrogens (tertiary/aromatic N) is 3. The molecule has 26 heavy (non-hydrogen) atoms. The predicted octanol–water partition coefficient (Wildman–Crippen LogP) is 2.42. The molecule has 140 valence electrons. The first-order valence-electron chi connectivity index (χ1n) is 9.16. The highest BCUT2D eigenvalue weighted by atomic mass is 16.5. The lowest BCUT2D eigenvalue weighted by atomic mass is 10.0. The van der Waals surface area contributed by atoms with Crippen molar-refractivity contribution in [3.05, 3.63) is 36.2 Å². The van der Waals surface area contributed by atoms with Gasteiger partial charge in [-0.3, -0.25) is 9.69 Å². The molecule has 2 heterocycles. The smallest absolute Gasteiger partial charge is 0.244 e. The summed E-state index contributed by atoms with van der Waals surface area (Å²) in [6.45, 7) is 2.49. The van der Waals surface area contributed by atoms with Gasteiger partial charge in [0.1, 0.15) is 0 Å². The van der Waals surface area contributed by atoms with E-state index in [1.807, 2.05) is 30.3 Å². The second-order valence-electron chi connectivity index (χ2n) is 6.50. The number of rotatable bonds is 8. The summed E-state index contributed by atoms with van der Waals surface area (Å²) in [6, 6.07) is 9.77. The quantitative estimate of drug-likeness (QED) is 0.730. The van der Waals surface area contributed by atoms with Gasteiger partial charge in [-0.2, -0.15) is 4.98 Å². The Morgan fingerprint density at radius 3 is 3.00 bits per heavy atom. The van der Waals surface area contributed by atoms with Crippen LogP contribution in [-0.2, 0) is 9.53 Å². The van der Waals surface area contributed by atoms with Crippen LogP contribution in [0.1, 0.15) is 37.6 Å². The third-order valence-electron chi connectivity index (χ3n) is 4.57. The normalized spacial score (nSPS) is 18.0. The summed E-state index contributed by atoms with van der Waals surface area (Å²) in [6.07, 6.45) is 3.91. The van der Waals surface area contributed by atoms with Gasteiger partial charge in [-0.25, -0.2) is 0 Å². The minimum Gasteiger partial charge on any atom is -0.385 e. The van der Waals surface area contributed by atoms with Gasteiger partial charge in [-0.15, -0.1) is 0 Å². The Morgan fingerprint density at radius 1 is 1.35 bits per heavy atom. The van der Waals surface area contributed by atoms with E-state index in [4.69, 9.17) is 9.26 Å². The van der Waals surface area contributed by atoms with Crippen molar-refractivity contribution >= 4 is 5.91 Å². The molecule has 1 aromatic carbocycles. The van der Waals surface area contributed by atoms with Crippen LogP contribution >= 0.6 is 0 Å². The summed E-state index contributed by atoms with van der Waals surface area (Å²) in [7, 11) is 1.66. The van der Waals surface area contributed by atoms with Gasteiger partial charge >= 0.3 is 0 Å². The number of likely N-dealkylation sites (tertiary alicyclic amines) is 1. The number of ether oxygens (including phenoxy) is 1. The van der Waals surface area contributed by atoms with Gasteiger partial charge in [0.2, 0.25) is 17.6 Å². The minimum absolute atomic E-state index is 0.00145. The van der Waals surface area contributed by atoms with Gasteiger partial charge in [0, 0.05) is 25.8 Å². The molecular formula is C19H26N4O3. The number of nitrogens with one attached hydrogen (secondary N) is 1. The topological polar surface area (TPSA) is 80.5 Å². The fraction of sp³-hybridized carbons (Fsp3) is 0.526. The molecule has 1 aromatic heterocycles. The minimum atomic E-state index is -0.00145. The second kappa shape index (κ2) is 9.45. The van der Waals surface area contributed by atoms with Crippen molar-refractivity contribution in [3.8, 4) is 11.4 Å². The Bertz CT molecular complexity index is 689. The van der Waals surface area contributed by atoms with Crippen LogP contribution < -0.4 is 5.32 Å². The molecule has 3 rings (SSSR count). The molecule has 1 N–H and O–H groups in total. The zero-order valence-electron chi connectivity index (χ0n) is 15.2. The molecule has 0 radical (unpaired) electrons. The van der Waals surface area contributed by atoms with Crippen LogP contribution in [0.5, 0.6) is 0 Å². The third kappa shape index (κ3) is 4.89. The lowest BCUT2D eigenvalue weighted by Gasteiger charge is -2.32. The molecule has 0 bridgehead atoms. The van der Waals surface area contributed by atoms with Crippen LogP contribution in [0, 0.1) is 0 Å². The van der Waals surface area contributed by atoms with Crippen LogP contribution in [0.25, 0.3) is 11.4 Å². The maximum atomic E-state index is 12.2. The summed E-state index contributed by atoms with van der Waals surface area (Å²) in [5, 5.41) is 7.06. The Kier molecular flexibility index (Phi) is 6.74. The first kappa shape index (κ1) is 18.5. The Labute approximate surface area is 153 Å². The van der Waals surface area contributed by atoms with Gasteiger partial charge in [-0.05, 0) is 25.8 Å². The monoisotopic (exact) mass is 358 g/mol. The average Bonchev–Trinajstić information content (AvgIpc) is 3.16. The Morgan fingerprint density at radius 2 is 2.19 bits per heavy atom. The fourth-order valence-corrected chi connectivity index (χ4v) is 3.22. The van der Waals surface area contributed by atoms with E-state index < -0.39 is 0 Å². The lowest BCUT2D eigenvalue weighted by Crippen LogP contribution is -2.42. The Balaban J connectivity index is 1.62. The van der Waals surface area contributed by atoms with Gasteiger partial charge in [0.05, 0.1) is 12.6 Å². The molecule has 1 fully saturated rings. The SMILES string of the molecule is COCCCNC(=O)CN1CCCCC1c1nc(-c2ccccc2)no1. The van der Waals surface area contributed by atoms with Crippen LogP contribution in [-0.4, -0.2) is 54.3 Å². The molecule has 1 atom stereocenters. The van der Waals surface area contributed by atoms with Gasteiger partial charge in [0.25, 0.3) is 0 Å².